The van der Waals surface area contributed by atoms with Gasteiger partial charge in [0.25, 0.3) is 5.91 Å². The van der Waals surface area contributed by atoms with E-state index < -0.39 is 5.91 Å². The summed E-state index contributed by atoms with van der Waals surface area (Å²) < 4.78 is 0. The maximum Gasteiger partial charge on any atom is 0.259 e. The minimum Gasteiger partial charge on any atom is -0.322 e. The Labute approximate surface area is 128 Å². The molecule has 1 amide bonds. The van der Waals surface area contributed by atoms with Crippen molar-refractivity contribution >= 4 is 35.1 Å². The minimum atomic E-state index is -0.436. The molecule has 1 N–H and O–H groups in total. The van der Waals surface area contributed by atoms with E-state index in [0.29, 0.717) is 10.7 Å². The van der Waals surface area contributed by atoms with Crippen LogP contribution < -0.4 is 5.32 Å². The smallest absolute Gasteiger partial charge is 0.259 e. The summed E-state index contributed by atoms with van der Waals surface area (Å²) in [6.07, 6.45) is 1.58. The van der Waals surface area contributed by atoms with Crippen molar-refractivity contribution in [3.05, 3.63) is 70.8 Å². The molecule has 0 fully saturated rings. The number of hydrogen-bond acceptors (Lipinski definition) is 2. The number of hydrogen-bond donors (Lipinski definition) is 1. The first-order valence-corrected chi connectivity index (χ1v) is 6.78. The topological polar surface area (TPSA) is 46.2 Å². The quantitative estimate of drug-likeness (QED) is 0.528. The highest BCUT2D eigenvalue weighted by Crippen LogP contribution is 2.15. The van der Waals surface area contributed by atoms with Crippen molar-refractivity contribution in [2.75, 3.05) is 5.32 Å². The van der Waals surface area contributed by atoms with E-state index >= 15 is 0 Å². The Kier molecular flexibility index (Phi) is 4.90. The molecule has 0 saturated heterocycles. The molecule has 0 aromatic heterocycles. The molecule has 3 nitrogen and oxygen atoms in total. The molecule has 0 radical (unpaired) electrons. The van der Waals surface area contributed by atoms with Gasteiger partial charge in [0.15, 0.2) is 5.78 Å². The van der Waals surface area contributed by atoms with Crippen LogP contribution in [0.2, 0.25) is 5.02 Å². The highest BCUT2D eigenvalue weighted by Gasteiger charge is 2.14. The summed E-state index contributed by atoms with van der Waals surface area (Å²) in [7, 11) is 0. The number of ketones is 1. The fourth-order valence-electron chi connectivity index (χ4n) is 1.77. The molecule has 0 aliphatic carbocycles. The van der Waals surface area contributed by atoms with Gasteiger partial charge in [-0.2, -0.15) is 0 Å². The van der Waals surface area contributed by atoms with Crippen molar-refractivity contribution in [1.29, 1.82) is 0 Å². The van der Waals surface area contributed by atoms with E-state index in [4.69, 9.17) is 11.6 Å². The van der Waals surface area contributed by atoms with Crippen molar-refractivity contribution in [2.24, 2.45) is 0 Å². The van der Waals surface area contributed by atoms with E-state index in [2.05, 4.69) is 5.32 Å². The Morgan fingerprint density at radius 1 is 1.00 bits per heavy atom. The van der Waals surface area contributed by atoms with Gasteiger partial charge in [-0.3, -0.25) is 9.59 Å². The van der Waals surface area contributed by atoms with Crippen LogP contribution in [0.5, 0.6) is 0 Å². The molecule has 0 aliphatic rings. The Hall–Kier alpha value is -2.39. The summed E-state index contributed by atoms with van der Waals surface area (Å²) in [4.78, 5) is 23.9. The molecule has 0 saturated carbocycles. The number of carbonyl (C=O) groups is 2. The van der Waals surface area contributed by atoms with Crippen molar-refractivity contribution in [3.63, 3.8) is 0 Å². The fraction of sp³-hybridized carbons (Fsp3) is 0.0588. The van der Waals surface area contributed by atoms with Gasteiger partial charge in [0.2, 0.25) is 0 Å². The molecule has 2 rings (SSSR count). The Morgan fingerprint density at radius 3 is 2.19 bits per heavy atom. The number of Topliss-reactive ketones (excluding diaryl/α,β-unsaturated/α-hetero) is 1. The van der Waals surface area contributed by atoms with Crippen LogP contribution >= 0.6 is 11.6 Å². The van der Waals surface area contributed by atoms with Gasteiger partial charge in [-0.1, -0.05) is 41.9 Å². The Bertz CT molecular complexity index is 676. The average Bonchev–Trinajstić information content (AvgIpc) is 2.48. The summed E-state index contributed by atoms with van der Waals surface area (Å²) in [6, 6.07) is 15.9. The normalized spacial score (nSPS) is 11.0. The van der Waals surface area contributed by atoms with E-state index in [9.17, 15) is 9.59 Å². The molecule has 0 heterocycles. The summed E-state index contributed by atoms with van der Waals surface area (Å²) >= 11 is 5.79. The fourth-order valence-corrected chi connectivity index (χ4v) is 1.90. The molecular formula is C17H14ClNO2. The second-order valence-electron chi connectivity index (χ2n) is 4.49. The number of anilines is 1. The third kappa shape index (κ3) is 4.29. The van der Waals surface area contributed by atoms with E-state index in [1.54, 1.807) is 30.3 Å². The number of benzene rings is 2. The van der Waals surface area contributed by atoms with Gasteiger partial charge >= 0.3 is 0 Å². The van der Waals surface area contributed by atoms with Gasteiger partial charge in [-0.15, -0.1) is 0 Å². The second-order valence-corrected chi connectivity index (χ2v) is 4.92. The molecular weight excluding hydrogens is 286 g/mol. The van der Waals surface area contributed by atoms with E-state index in [0.717, 1.165) is 5.56 Å². The SMILES string of the molecule is CC(=O)C(=Cc1ccccc1)C(=O)Nc1ccc(Cl)cc1. The zero-order chi connectivity index (χ0) is 15.2. The lowest BCUT2D eigenvalue weighted by Gasteiger charge is -2.07. The van der Waals surface area contributed by atoms with Crippen molar-refractivity contribution in [1.82, 2.24) is 0 Å². The number of halogens is 1. The van der Waals surface area contributed by atoms with E-state index in [-0.39, 0.29) is 11.4 Å². The summed E-state index contributed by atoms with van der Waals surface area (Å²) in [5.41, 5.74) is 1.50. The van der Waals surface area contributed by atoms with Crippen LogP contribution in [0.1, 0.15) is 12.5 Å². The van der Waals surface area contributed by atoms with Gasteiger partial charge in [-0.05, 0) is 42.8 Å². The maximum absolute atomic E-state index is 12.2. The monoisotopic (exact) mass is 299 g/mol. The molecule has 0 spiro atoms. The lowest BCUT2D eigenvalue weighted by atomic mass is 10.1. The highest BCUT2D eigenvalue weighted by molar-refractivity contribution is 6.30. The van der Waals surface area contributed by atoms with Gasteiger partial charge in [0.05, 0.1) is 5.57 Å². The molecule has 0 atom stereocenters. The Morgan fingerprint density at radius 2 is 1.62 bits per heavy atom. The number of nitrogens with one attached hydrogen (secondary N) is 1. The van der Waals surface area contributed by atoms with Crippen LogP contribution in [0.4, 0.5) is 5.69 Å². The van der Waals surface area contributed by atoms with E-state index in [1.807, 2.05) is 30.3 Å². The van der Waals surface area contributed by atoms with Gasteiger partial charge in [0, 0.05) is 10.7 Å². The zero-order valence-corrected chi connectivity index (χ0v) is 12.2. The largest absolute Gasteiger partial charge is 0.322 e. The zero-order valence-electron chi connectivity index (χ0n) is 11.5. The minimum absolute atomic E-state index is 0.108. The molecule has 0 aliphatic heterocycles. The first-order chi connectivity index (χ1) is 10.1. The number of amides is 1. The highest BCUT2D eigenvalue weighted by atomic mass is 35.5. The molecule has 2 aromatic rings. The van der Waals surface area contributed by atoms with Crippen molar-refractivity contribution < 1.29 is 9.59 Å². The van der Waals surface area contributed by atoms with Crippen LogP contribution in [-0.4, -0.2) is 11.7 Å². The molecule has 0 unspecified atom stereocenters. The number of rotatable bonds is 4. The number of carbonyl (C=O) groups excluding carboxylic acids is 2. The predicted molar refractivity (Wildman–Crippen MR) is 85.2 cm³/mol. The molecule has 0 bridgehead atoms. The third-order valence-electron chi connectivity index (χ3n) is 2.84. The lowest BCUT2D eigenvalue weighted by molar-refractivity contribution is -0.118. The van der Waals surface area contributed by atoms with Crippen molar-refractivity contribution in [3.8, 4) is 0 Å². The van der Waals surface area contributed by atoms with E-state index in [1.165, 1.54) is 6.92 Å². The first kappa shape index (κ1) is 15.0. The predicted octanol–water partition coefficient (Wildman–Crippen LogP) is 3.95. The van der Waals surface area contributed by atoms with Crippen LogP contribution in [0.25, 0.3) is 6.08 Å². The van der Waals surface area contributed by atoms with Crippen LogP contribution in [0, 0.1) is 0 Å². The van der Waals surface area contributed by atoms with Crippen molar-refractivity contribution in [2.45, 2.75) is 6.92 Å². The third-order valence-corrected chi connectivity index (χ3v) is 3.09. The average molecular weight is 300 g/mol. The van der Waals surface area contributed by atoms with Gasteiger partial charge < -0.3 is 5.32 Å². The van der Waals surface area contributed by atoms with Gasteiger partial charge in [0.1, 0.15) is 0 Å². The first-order valence-electron chi connectivity index (χ1n) is 6.41. The summed E-state index contributed by atoms with van der Waals surface area (Å²) in [5.74, 6) is -0.723. The standard InChI is InChI=1S/C17H14ClNO2/c1-12(20)16(11-13-5-3-2-4-6-13)17(21)19-15-9-7-14(18)8-10-15/h2-11H,1H3,(H,19,21). The summed E-state index contributed by atoms with van der Waals surface area (Å²) in [5, 5.41) is 3.27. The molecule has 2 aromatic carbocycles. The second kappa shape index (κ2) is 6.86. The molecule has 106 valence electrons. The van der Waals surface area contributed by atoms with Crippen LogP contribution in [0.15, 0.2) is 60.2 Å². The molecule has 4 heteroatoms. The lowest BCUT2D eigenvalue weighted by Crippen LogP contribution is -2.18. The van der Waals surface area contributed by atoms with Crippen LogP contribution in [-0.2, 0) is 9.59 Å². The summed E-state index contributed by atoms with van der Waals surface area (Å²) in [6.45, 7) is 1.37. The van der Waals surface area contributed by atoms with Gasteiger partial charge in [-0.25, -0.2) is 0 Å². The Balaban J connectivity index is 2.22. The molecule has 21 heavy (non-hydrogen) atoms. The maximum atomic E-state index is 12.2. The van der Waals surface area contributed by atoms with Crippen LogP contribution in [0.3, 0.4) is 0 Å².